The van der Waals surface area contributed by atoms with Crippen molar-refractivity contribution in [3.63, 3.8) is 0 Å². The SMILES string of the molecule is CCOP(Cc1cccc(CBr)c1)OCC. The topological polar surface area (TPSA) is 18.5 Å². The normalized spacial score (nSPS) is 11.0. The van der Waals surface area contributed by atoms with Crippen molar-refractivity contribution in [2.24, 2.45) is 0 Å². The number of benzene rings is 1. The van der Waals surface area contributed by atoms with Crippen molar-refractivity contribution >= 4 is 24.3 Å². The van der Waals surface area contributed by atoms with Gasteiger partial charge in [-0.05, 0) is 25.0 Å². The third-order valence-electron chi connectivity index (χ3n) is 2.00. The van der Waals surface area contributed by atoms with E-state index in [-0.39, 0.29) is 0 Å². The maximum atomic E-state index is 5.59. The minimum atomic E-state index is -0.770. The average Bonchev–Trinajstić information content (AvgIpc) is 2.30. The fourth-order valence-electron chi connectivity index (χ4n) is 1.38. The predicted molar refractivity (Wildman–Crippen MR) is 72.9 cm³/mol. The molecule has 0 bridgehead atoms. The summed E-state index contributed by atoms with van der Waals surface area (Å²) in [5.41, 5.74) is 2.57. The van der Waals surface area contributed by atoms with Crippen LogP contribution in [-0.2, 0) is 20.5 Å². The molecule has 2 nitrogen and oxygen atoms in total. The van der Waals surface area contributed by atoms with Crippen LogP contribution in [0.3, 0.4) is 0 Å². The summed E-state index contributed by atoms with van der Waals surface area (Å²) < 4.78 is 11.2. The van der Waals surface area contributed by atoms with Crippen molar-refractivity contribution in [2.75, 3.05) is 13.2 Å². The standard InChI is InChI=1S/C12H18BrO2P/c1-3-14-16(15-4-2)10-12-7-5-6-11(8-12)9-13/h5-8H,3-4,9-10H2,1-2H3. The number of hydrogen-bond donors (Lipinski definition) is 0. The van der Waals surface area contributed by atoms with Gasteiger partial charge in [-0.2, -0.15) is 0 Å². The van der Waals surface area contributed by atoms with Gasteiger partial charge < -0.3 is 9.05 Å². The summed E-state index contributed by atoms with van der Waals surface area (Å²) >= 11 is 3.46. The minimum absolute atomic E-state index is 0.712. The highest BCUT2D eigenvalue weighted by Crippen LogP contribution is 2.41. The number of rotatable bonds is 7. The van der Waals surface area contributed by atoms with Crippen molar-refractivity contribution in [3.05, 3.63) is 35.4 Å². The quantitative estimate of drug-likeness (QED) is 0.547. The van der Waals surface area contributed by atoms with E-state index in [0.29, 0.717) is 13.2 Å². The van der Waals surface area contributed by atoms with Crippen LogP contribution in [0.5, 0.6) is 0 Å². The lowest BCUT2D eigenvalue weighted by atomic mass is 10.2. The second kappa shape index (κ2) is 8.19. The van der Waals surface area contributed by atoms with Crippen LogP contribution < -0.4 is 0 Å². The fraction of sp³-hybridized carbons (Fsp3) is 0.500. The fourth-order valence-corrected chi connectivity index (χ4v) is 3.05. The number of hydrogen-bond acceptors (Lipinski definition) is 2. The lowest BCUT2D eigenvalue weighted by Gasteiger charge is -2.15. The summed E-state index contributed by atoms with van der Waals surface area (Å²) in [7, 11) is -0.770. The van der Waals surface area contributed by atoms with Gasteiger partial charge in [-0.3, -0.25) is 0 Å². The van der Waals surface area contributed by atoms with Crippen molar-refractivity contribution in [3.8, 4) is 0 Å². The zero-order valence-electron chi connectivity index (χ0n) is 9.78. The summed E-state index contributed by atoms with van der Waals surface area (Å²) in [6, 6.07) is 8.51. The van der Waals surface area contributed by atoms with E-state index >= 15 is 0 Å². The lowest BCUT2D eigenvalue weighted by molar-refractivity contribution is 0.268. The molecule has 1 aromatic rings. The molecule has 0 aliphatic heterocycles. The molecule has 16 heavy (non-hydrogen) atoms. The smallest absolute Gasteiger partial charge is 0.175 e. The first-order valence-corrected chi connectivity index (χ1v) is 7.95. The van der Waals surface area contributed by atoms with Gasteiger partial charge in [-0.1, -0.05) is 40.2 Å². The molecule has 0 aliphatic carbocycles. The summed E-state index contributed by atoms with van der Waals surface area (Å²) in [6.45, 7) is 5.43. The maximum absolute atomic E-state index is 5.59. The van der Waals surface area contributed by atoms with Crippen molar-refractivity contribution < 1.29 is 9.05 Å². The summed E-state index contributed by atoms with van der Waals surface area (Å²) in [5.74, 6) is 0. The molecule has 0 N–H and O–H groups in total. The molecule has 0 fully saturated rings. The van der Waals surface area contributed by atoms with Gasteiger partial charge >= 0.3 is 0 Å². The van der Waals surface area contributed by atoms with Gasteiger partial charge in [0.1, 0.15) is 0 Å². The molecule has 1 rings (SSSR count). The first kappa shape index (κ1) is 14.1. The Labute approximate surface area is 107 Å². The summed E-state index contributed by atoms with van der Waals surface area (Å²) in [6.07, 6.45) is 0.873. The molecule has 90 valence electrons. The molecule has 0 amide bonds. The zero-order valence-corrected chi connectivity index (χ0v) is 12.3. The van der Waals surface area contributed by atoms with Gasteiger partial charge in [0.25, 0.3) is 0 Å². The van der Waals surface area contributed by atoms with Crippen LogP contribution in [0.15, 0.2) is 24.3 Å². The largest absolute Gasteiger partial charge is 0.334 e. The van der Waals surface area contributed by atoms with Crippen LogP contribution in [0, 0.1) is 0 Å². The van der Waals surface area contributed by atoms with Gasteiger partial charge in [-0.15, -0.1) is 0 Å². The second-order valence-electron chi connectivity index (χ2n) is 3.28. The monoisotopic (exact) mass is 304 g/mol. The van der Waals surface area contributed by atoms with E-state index in [0.717, 1.165) is 11.5 Å². The third kappa shape index (κ3) is 4.92. The van der Waals surface area contributed by atoms with Gasteiger partial charge in [0.15, 0.2) is 8.38 Å². The molecule has 0 aromatic heterocycles. The molecule has 4 heteroatoms. The predicted octanol–water partition coefficient (Wildman–Crippen LogP) is 4.47. The van der Waals surface area contributed by atoms with Crippen LogP contribution in [0.2, 0.25) is 0 Å². The Morgan fingerprint density at radius 1 is 1.12 bits per heavy atom. The molecule has 0 saturated heterocycles. The molecule has 0 unspecified atom stereocenters. The first-order valence-electron chi connectivity index (χ1n) is 5.47. The second-order valence-corrected chi connectivity index (χ2v) is 5.34. The third-order valence-corrected chi connectivity index (χ3v) is 4.37. The first-order chi connectivity index (χ1) is 7.80. The van der Waals surface area contributed by atoms with Gasteiger partial charge in [0.05, 0.1) is 13.2 Å². The lowest BCUT2D eigenvalue weighted by Crippen LogP contribution is -1.94. The highest BCUT2D eigenvalue weighted by molar-refractivity contribution is 9.08. The van der Waals surface area contributed by atoms with Gasteiger partial charge in [-0.25, -0.2) is 0 Å². The molecule has 0 aliphatic rings. The number of halogens is 1. The molecule has 0 heterocycles. The van der Waals surface area contributed by atoms with E-state index < -0.39 is 8.38 Å². The summed E-state index contributed by atoms with van der Waals surface area (Å²) in [5, 5.41) is 0.891. The maximum Gasteiger partial charge on any atom is 0.175 e. The van der Waals surface area contributed by atoms with Crippen LogP contribution in [0.1, 0.15) is 25.0 Å². The molecule has 1 aromatic carbocycles. The molecule has 0 spiro atoms. The minimum Gasteiger partial charge on any atom is -0.334 e. The molecule has 0 saturated carbocycles. The Bertz CT molecular complexity index is 301. The molecular weight excluding hydrogens is 287 g/mol. The highest BCUT2D eigenvalue weighted by Gasteiger charge is 2.10. The summed E-state index contributed by atoms with van der Waals surface area (Å²) in [4.78, 5) is 0. The average molecular weight is 305 g/mol. The molecule has 0 atom stereocenters. The van der Waals surface area contributed by atoms with Gasteiger partial charge in [0.2, 0.25) is 0 Å². The van der Waals surface area contributed by atoms with Crippen LogP contribution in [0.4, 0.5) is 0 Å². The van der Waals surface area contributed by atoms with E-state index in [2.05, 4.69) is 40.2 Å². The Kier molecular flexibility index (Phi) is 7.22. The van der Waals surface area contributed by atoms with E-state index in [1.54, 1.807) is 0 Å². The van der Waals surface area contributed by atoms with Crippen molar-refractivity contribution in [1.29, 1.82) is 0 Å². The van der Waals surface area contributed by atoms with E-state index in [1.807, 2.05) is 13.8 Å². The van der Waals surface area contributed by atoms with E-state index in [4.69, 9.17) is 9.05 Å². The van der Waals surface area contributed by atoms with Crippen LogP contribution in [0.25, 0.3) is 0 Å². The Morgan fingerprint density at radius 2 is 1.75 bits per heavy atom. The Balaban J connectivity index is 2.60. The van der Waals surface area contributed by atoms with Gasteiger partial charge in [0, 0.05) is 11.5 Å². The zero-order chi connectivity index (χ0) is 11.8. The Morgan fingerprint density at radius 3 is 2.31 bits per heavy atom. The van der Waals surface area contributed by atoms with Crippen molar-refractivity contribution in [1.82, 2.24) is 0 Å². The molecular formula is C12H18BrO2P. The highest BCUT2D eigenvalue weighted by atomic mass is 79.9. The Hall–Kier alpha value is 0.0500. The van der Waals surface area contributed by atoms with Crippen LogP contribution in [-0.4, -0.2) is 13.2 Å². The van der Waals surface area contributed by atoms with E-state index in [1.165, 1.54) is 11.1 Å². The van der Waals surface area contributed by atoms with E-state index in [9.17, 15) is 0 Å². The molecule has 0 radical (unpaired) electrons. The van der Waals surface area contributed by atoms with Crippen LogP contribution >= 0.6 is 24.3 Å². The van der Waals surface area contributed by atoms with Crippen molar-refractivity contribution in [2.45, 2.75) is 25.3 Å². The number of alkyl halides is 1.